The van der Waals surface area contributed by atoms with Crippen LogP contribution in [-0.2, 0) is 16.4 Å². The molecule has 0 bridgehead atoms. The monoisotopic (exact) mass is 471 g/mol. The van der Waals surface area contributed by atoms with Crippen molar-refractivity contribution in [3.05, 3.63) is 74.6 Å². The smallest absolute Gasteiger partial charge is 0.240 e. The molecular weight excluding hydrogens is 456 g/mol. The maximum absolute atomic E-state index is 14.7. The fraction of sp³-hybridized carbons (Fsp3) is 0.238. The van der Waals surface area contributed by atoms with Gasteiger partial charge >= 0.3 is 0 Å². The molecule has 0 radical (unpaired) electrons. The summed E-state index contributed by atoms with van der Waals surface area (Å²) in [4.78, 5) is -0.173. The molecule has 0 saturated carbocycles. The van der Waals surface area contributed by atoms with Crippen LogP contribution in [-0.4, -0.2) is 12.4 Å². The third-order valence-corrected chi connectivity index (χ3v) is 8.56. The Morgan fingerprint density at radius 3 is 2.52 bits per heavy atom. The first-order chi connectivity index (χ1) is 13.8. The molecule has 8 heteroatoms. The molecule has 0 aliphatic heterocycles. The van der Waals surface area contributed by atoms with Gasteiger partial charge in [0.15, 0.2) is 0 Å². The lowest BCUT2D eigenvalue weighted by Gasteiger charge is -2.15. The van der Waals surface area contributed by atoms with Crippen LogP contribution >= 0.6 is 34.8 Å². The molecule has 3 aromatic rings. The Labute approximate surface area is 184 Å². The van der Waals surface area contributed by atoms with E-state index in [2.05, 4.69) is 6.92 Å². The predicted octanol–water partition coefficient (Wildman–Crippen LogP) is 6.93. The molecule has 0 N–H and O–H groups in total. The van der Waals surface area contributed by atoms with E-state index in [0.29, 0.717) is 12.1 Å². The number of aromatic nitrogens is 1. The summed E-state index contributed by atoms with van der Waals surface area (Å²) in [5.74, 6) is -0.249. The third-order valence-electron chi connectivity index (χ3n) is 5.45. The van der Waals surface area contributed by atoms with Gasteiger partial charge in [-0.3, -0.25) is 0 Å². The quantitative estimate of drug-likeness (QED) is 0.386. The molecule has 3 nitrogen and oxygen atoms in total. The summed E-state index contributed by atoms with van der Waals surface area (Å²) in [5.41, 5.74) is 2.38. The minimum Gasteiger partial charge on any atom is -0.240 e. The topological polar surface area (TPSA) is 39.1 Å². The zero-order valence-corrected chi connectivity index (χ0v) is 18.5. The molecule has 1 aliphatic carbocycles. The minimum atomic E-state index is -4.14. The highest BCUT2D eigenvalue weighted by molar-refractivity contribution is 7.90. The lowest BCUT2D eigenvalue weighted by Crippen LogP contribution is -2.15. The molecule has 0 amide bonds. The van der Waals surface area contributed by atoms with Gasteiger partial charge in [0, 0.05) is 11.8 Å². The van der Waals surface area contributed by atoms with E-state index in [9.17, 15) is 12.8 Å². The number of rotatable bonds is 4. The van der Waals surface area contributed by atoms with E-state index in [0.717, 1.165) is 27.9 Å². The molecule has 0 saturated heterocycles. The summed E-state index contributed by atoms with van der Waals surface area (Å²) in [6, 6.07) is 8.88. The van der Waals surface area contributed by atoms with Crippen LogP contribution in [0.3, 0.4) is 0 Å². The highest BCUT2D eigenvalue weighted by Crippen LogP contribution is 2.45. The van der Waals surface area contributed by atoms with Crippen molar-refractivity contribution in [2.75, 3.05) is 0 Å². The number of hydrogen-bond acceptors (Lipinski definition) is 2. The first-order valence-electron chi connectivity index (χ1n) is 9.15. The van der Waals surface area contributed by atoms with Crippen LogP contribution in [0.25, 0.3) is 11.3 Å². The average molecular weight is 473 g/mol. The first-order valence-corrected chi connectivity index (χ1v) is 11.7. The Morgan fingerprint density at radius 1 is 1.10 bits per heavy atom. The van der Waals surface area contributed by atoms with Gasteiger partial charge in [0.25, 0.3) is 10.0 Å². The summed E-state index contributed by atoms with van der Waals surface area (Å²) in [5, 5.41) is -0.0291. The Morgan fingerprint density at radius 2 is 1.83 bits per heavy atom. The Balaban J connectivity index is 2.02. The van der Waals surface area contributed by atoms with Crippen LogP contribution in [0.1, 0.15) is 36.8 Å². The predicted molar refractivity (Wildman–Crippen MR) is 115 cm³/mol. The van der Waals surface area contributed by atoms with Gasteiger partial charge in [-0.2, -0.15) is 0 Å². The molecule has 152 valence electrons. The van der Waals surface area contributed by atoms with E-state index in [1.54, 1.807) is 24.4 Å². The second-order valence-corrected chi connectivity index (χ2v) is 9.96. The van der Waals surface area contributed by atoms with E-state index in [1.165, 1.54) is 18.2 Å². The molecule has 0 spiro atoms. The number of nitrogens with zero attached hydrogens (tertiary/aromatic N) is 1. The Hall–Kier alpha value is -1.53. The fourth-order valence-corrected chi connectivity index (χ4v) is 6.35. The standard InChI is InChI=1S/C21H17Cl3FNO2S/c1-2-12-7-8-13-15(12)11-26(21(13)14-5-3-4-6-17(14)25)29(27,28)18-10-9-16(22)19(23)20(18)24/h3-6,9-12H,2,7-8H2,1H3. The van der Waals surface area contributed by atoms with E-state index in [1.807, 2.05) is 0 Å². The molecular formula is C21H17Cl3FNO2S. The molecule has 1 aliphatic rings. The Kier molecular flexibility index (Phi) is 5.45. The van der Waals surface area contributed by atoms with Crippen LogP contribution in [0.5, 0.6) is 0 Å². The van der Waals surface area contributed by atoms with Gasteiger partial charge in [0.05, 0.1) is 20.8 Å². The van der Waals surface area contributed by atoms with E-state index < -0.39 is 15.8 Å². The van der Waals surface area contributed by atoms with Gasteiger partial charge in [-0.25, -0.2) is 16.8 Å². The zero-order chi connectivity index (χ0) is 20.9. The van der Waals surface area contributed by atoms with Gasteiger partial charge < -0.3 is 0 Å². The fourth-order valence-electron chi connectivity index (χ4n) is 3.99. The maximum atomic E-state index is 14.7. The van der Waals surface area contributed by atoms with Crippen molar-refractivity contribution in [2.24, 2.45) is 0 Å². The lowest BCUT2D eigenvalue weighted by atomic mass is 10.0. The Bertz CT molecular complexity index is 1220. The van der Waals surface area contributed by atoms with Crippen molar-refractivity contribution in [3.8, 4) is 11.3 Å². The second kappa shape index (κ2) is 7.62. The van der Waals surface area contributed by atoms with E-state index in [4.69, 9.17) is 34.8 Å². The maximum Gasteiger partial charge on any atom is 0.269 e. The molecule has 29 heavy (non-hydrogen) atoms. The largest absolute Gasteiger partial charge is 0.269 e. The van der Waals surface area contributed by atoms with Gasteiger partial charge in [0.2, 0.25) is 0 Å². The normalized spacial score (nSPS) is 16.2. The molecule has 0 fully saturated rings. The number of fused-ring (bicyclic) bond motifs is 1. The summed E-state index contributed by atoms with van der Waals surface area (Å²) >= 11 is 18.3. The van der Waals surface area contributed by atoms with Crippen LogP contribution < -0.4 is 0 Å². The molecule has 1 aromatic heterocycles. The van der Waals surface area contributed by atoms with Crippen molar-refractivity contribution in [3.63, 3.8) is 0 Å². The van der Waals surface area contributed by atoms with Crippen molar-refractivity contribution in [1.29, 1.82) is 0 Å². The molecule has 1 unspecified atom stereocenters. The van der Waals surface area contributed by atoms with Crippen LogP contribution in [0.2, 0.25) is 15.1 Å². The molecule has 1 heterocycles. The average Bonchev–Trinajstić information content (AvgIpc) is 3.26. The SMILES string of the molecule is CCC1CCc2c1cn(S(=O)(=O)c1ccc(Cl)c(Cl)c1Cl)c2-c1ccccc1F. The van der Waals surface area contributed by atoms with Crippen LogP contribution in [0, 0.1) is 5.82 Å². The van der Waals surface area contributed by atoms with E-state index >= 15 is 0 Å². The van der Waals surface area contributed by atoms with Crippen LogP contribution in [0.4, 0.5) is 4.39 Å². The first kappa shape index (κ1) is 20.7. The highest BCUT2D eigenvalue weighted by atomic mass is 35.5. The van der Waals surface area contributed by atoms with Crippen LogP contribution in [0.15, 0.2) is 47.5 Å². The van der Waals surface area contributed by atoms with Crippen molar-refractivity contribution in [2.45, 2.75) is 37.0 Å². The van der Waals surface area contributed by atoms with Crippen molar-refractivity contribution < 1.29 is 12.8 Å². The summed E-state index contributed by atoms with van der Waals surface area (Å²) in [7, 11) is -4.14. The number of halogens is 4. The summed E-state index contributed by atoms with van der Waals surface area (Å²) in [6.07, 6.45) is 4.08. The highest BCUT2D eigenvalue weighted by Gasteiger charge is 2.34. The summed E-state index contributed by atoms with van der Waals surface area (Å²) < 4.78 is 43.0. The number of benzene rings is 2. The van der Waals surface area contributed by atoms with Crippen molar-refractivity contribution >= 4 is 44.8 Å². The van der Waals surface area contributed by atoms with Gasteiger partial charge in [-0.1, -0.05) is 53.9 Å². The lowest BCUT2D eigenvalue weighted by molar-refractivity contribution is 0.586. The zero-order valence-electron chi connectivity index (χ0n) is 15.4. The van der Waals surface area contributed by atoms with Gasteiger partial charge in [-0.15, -0.1) is 0 Å². The summed E-state index contributed by atoms with van der Waals surface area (Å²) in [6.45, 7) is 2.06. The van der Waals surface area contributed by atoms with Gasteiger partial charge in [0.1, 0.15) is 10.7 Å². The molecule has 4 rings (SSSR count). The van der Waals surface area contributed by atoms with E-state index in [-0.39, 0.29) is 31.4 Å². The minimum absolute atomic E-state index is 0.0343. The third kappa shape index (κ3) is 3.28. The molecule has 1 atom stereocenters. The number of hydrogen-bond donors (Lipinski definition) is 0. The second-order valence-electron chi connectivity index (χ2n) is 7.01. The molecule has 2 aromatic carbocycles. The van der Waals surface area contributed by atoms with Crippen molar-refractivity contribution in [1.82, 2.24) is 3.97 Å². The van der Waals surface area contributed by atoms with Gasteiger partial charge in [-0.05, 0) is 60.6 Å².